The molecule has 1 atom stereocenters. The fraction of sp³-hybridized carbons (Fsp3) is 0.429. The van der Waals surface area contributed by atoms with E-state index in [4.69, 9.17) is 0 Å². The Morgan fingerprint density at radius 2 is 1.91 bits per heavy atom. The molecule has 0 spiro atoms. The third kappa shape index (κ3) is 5.20. The number of fused-ring (bicyclic) bond motifs is 1. The Morgan fingerprint density at radius 3 is 2.69 bits per heavy atom. The van der Waals surface area contributed by atoms with E-state index < -0.39 is 0 Å². The van der Waals surface area contributed by atoms with Crippen molar-refractivity contribution in [2.45, 2.75) is 77.5 Å². The summed E-state index contributed by atoms with van der Waals surface area (Å²) in [4.78, 5) is 18.6. The molecule has 0 bridgehead atoms. The van der Waals surface area contributed by atoms with Gasteiger partial charge in [-0.25, -0.2) is 4.68 Å². The van der Waals surface area contributed by atoms with Crippen molar-refractivity contribution in [2.24, 2.45) is 0 Å². The molecule has 1 aliphatic rings. The number of nitrogens with zero attached hydrogens (tertiary/aromatic N) is 5. The Hall–Kier alpha value is -3.32. The Labute approximate surface area is 206 Å². The van der Waals surface area contributed by atoms with Gasteiger partial charge in [0, 0.05) is 30.2 Å². The maximum atomic E-state index is 13.1. The highest BCUT2D eigenvalue weighted by molar-refractivity contribution is 5.79. The molecule has 2 heterocycles. The second-order valence-corrected chi connectivity index (χ2v) is 9.74. The van der Waals surface area contributed by atoms with Crippen molar-refractivity contribution in [3.05, 3.63) is 87.5 Å². The lowest BCUT2D eigenvalue weighted by Gasteiger charge is -2.35. The maximum absolute atomic E-state index is 13.1. The fourth-order valence-electron chi connectivity index (χ4n) is 5.47. The molecule has 182 valence electrons. The van der Waals surface area contributed by atoms with Gasteiger partial charge in [0.2, 0.25) is 0 Å². The normalized spacial score (nSPS) is 15.3. The Balaban J connectivity index is 1.45. The van der Waals surface area contributed by atoms with Gasteiger partial charge in [-0.1, -0.05) is 61.7 Å². The van der Waals surface area contributed by atoms with Gasteiger partial charge >= 0.3 is 0 Å². The van der Waals surface area contributed by atoms with Crippen LogP contribution in [0.15, 0.2) is 59.4 Å². The molecule has 1 saturated carbocycles. The van der Waals surface area contributed by atoms with E-state index in [9.17, 15) is 4.79 Å². The highest BCUT2D eigenvalue weighted by atomic mass is 16.1. The van der Waals surface area contributed by atoms with Crippen LogP contribution >= 0.6 is 0 Å². The third-order valence-corrected chi connectivity index (χ3v) is 7.32. The lowest BCUT2D eigenvalue weighted by atomic mass is 10.0. The summed E-state index contributed by atoms with van der Waals surface area (Å²) in [6.07, 6.45) is 6.50. The van der Waals surface area contributed by atoms with Gasteiger partial charge in [0.05, 0.1) is 6.04 Å². The summed E-state index contributed by atoms with van der Waals surface area (Å²) in [6, 6.07) is 19.1. The molecule has 1 aliphatic carbocycles. The van der Waals surface area contributed by atoms with E-state index in [1.807, 2.05) is 22.9 Å². The van der Waals surface area contributed by atoms with Crippen molar-refractivity contribution >= 4 is 10.9 Å². The third-order valence-electron chi connectivity index (χ3n) is 7.32. The number of aromatic nitrogens is 5. The quantitative estimate of drug-likeness (QED) is 0.374. The first-order chi connectivity index (χ1) is 17.1. The van der Waals surface area contributed by atoms with Gasteiger partial charge < -0.3 is 4.98 Å². The van der Waals surface area contributed by atoms with E-state index in [0.717, 1.165) is 54.5 Å². The molecule has 7 heteroatoms. The number of pyridine rings is 1. The molecule has 1 N–H and O–H groups in total. The Bertz CT molecular complexity index is 1320. The van der Waals surface area contributed by atoms with E-state index in [1.54, 1.807) is 0 Å². The minimum atomic E-state index is -0.0112. The summed E-state index contributed by atoms with van der Waals surface area (Å²) < 4.78 is 1.96. The van der Waals surface area contributed by atoms with Gasteiger partial charge in [-0.2, -0.15) is 0 Å². The molecule has 0 aliphatic heterocycles. The van der Waals surface area contributed by atoms with Crippen molar-refractivity contribution in [3.8, 4) is 0 Å². The van der Waals surface area contributed by atoms with Crippen LogP contribution < -0.4 is 5.56 Å². The summed E-state index contributed by atoms with van der Waals surface area (Å²) in [5, 5.41) is 14.0. The first kappa shape index (κ1) is 23.4. The lowest BCUT2D eigenvalue weighted by molar-refractivity contribution is 0.112. The minimum absolute atomic E-state index is 0.0112. The lowest BCUT2D eigenvalue weighted by Crippen LogP contribution is -2.39. The number of nitrogens with one attached hydrogen (secondary N) is 1. The zero-order valence-electron chi connectivity index (χ0n) is 20.7. The molecule has 4 aromatic rings. The number of hydrogen-bond donors (Lipinski definition) is 1. The highest BCUT2D eigenvalue weighted by Gasteiger charge is 2.32. The van der Waals surface area contributed by atoms with Crippen LogP contribution in [0.1, 0.15) is 67.6 Å². The van der Waals surface area contributed by atoms with E-state index in [0.29, 0.717) is 12.6 Å². The maximum Gasteiger partial charge on any atom is 0.252 e. The summed E-state index contributed by atoms with van der Waals surface area (Å²) in [6.45, 7) is 5.60. The minimum Gasteiger partial charge on any atom is -0.322 e. The van der Waals surface area contributed by atoms with Crippen LogP contribution in [-0.2, 0) is 19.5 Å². The van der Waals surface area contributed by atoms with E-state index in [2.05, 4.69) is 75.7 Å². The second-order valence-electron chi connectivity index (χ2n) is 9.74. The van der Waals surface area contributed by atoms with Crippen LogP contribution in [-0.4, -0.2) is 36.1 Å². The summed E-state index contributed by atoms with van der Waals surface area (Å²) in [5.74, 6) is 0.892. The molecular weight excluding hydrogens is 436 g/mol. The standard InChI is InChI=1S/C28H34N6O/c1-3-26(27-30-31-32-34(27)16-15-21-9-5-4-6-10-21)33(24-11-7-8-12-24)19-23-18-22-17-20(2)13-14-25(22)29-28(23)35/h4-6,9-10,13-14,17-18,24,26H,3,7-8,11-12,15-16,19H2,1-2H3,(H,29,35)/t26-/m0/s1. The van der Waals surface area contributed by atoms with Crippen molar-refractivity contribution in [2.75, 3.05) is 0 Å². The van der Waals surface area contributed by atoms with E-state index in [1.165, 1.54) is 24.0 Å². The predicted molar refractivity (Wildman–Crippen MR) is 138 cm³/mol. The van der Waals surface area contributed by atoms with Gasteiger partial charge in [-0.3, -0.25) is 9.69 Å². The van der Waals surface area contributed by atoms with Gasteiger partial charge in [0.25, 0.3) is 5.56 Å². The number of aromatic amines is 1. The number of H-pyrrole nitrogens is 1. The molecule has 5 rings (SSSR count). The molecule has 2 aromatic carbocycles. The van der Waals surface area contributed by atoms with Gasteiger partial charge in [0.1, 0.15) is 0 Å². The molecule has 35 heavy (non-hydrogen) atoms. The van der Waals surface area contributed by atoms with E-state index >= 15 is 0 Å². The first-order valence-electron chi connectivity index (χ1n) is 12.8. The Kier molecular flexibility index (Phi) is 7.04. The average Bonchev–Trinajstić information content (AvgIpc) is 3.56. The average molecular weight is 471 g/mol. The molecule has 0 amide bonds. The molecule has 0 saturated heterocycles. The topological polar surface area (TPSA) is 79.7 Å². The largest absolute Gasteiger partial charge is 0.322 e. The first-order valence-corrected chi connectivity index (χ1v) is 12.8. The van der Waals surface area contributed by atoms with Gasteiger partial charge in [-0.15, -0.1) is 5.10 Å². The molecular formula is C28H34N6O. The van der Waals surface area contributed by atoms with Crippen LogP contribution in [0.4, 0.5) is 0 Å². The van der Waals surface area contributed by atoms with Crippen LogP contribution in [0.25, 0.3) is 10.9 Å². The van der Waals surface area contributed by atoms with Crippen LogP contribution in [0, 0.1) is 6.92 Å². The number of hydrogen-bond acceptors (Lipinski definition) is 5. The monoisotopic (exact) mass is 470 g/mol. The molecule has 0 unspecified atom stereocenters. The summed E-state index contributed by atoms with van der Waals surface area (Å²) in [5.41, 5.74) is 4.13. The molecule has 2 aromatic heterocycles. The van der Waals surface area contributed by atoms with Crippen molar-refractivity contribution in [1.29, 1.82) is 0 Å². The highest BCUT2D eigenvalue weighted by Crippen LogP contribution is 2.33. The predicted octanol–water partition coefficient (Wildman–Crippen LogP) is 4.96. The molecule has 7 nitrogen and oxygen atoms in total. The van der Waals surface area contributed by atoms with Crippen molar-refractivity contribution < 1.29 is 0 Å². The number of tetrazole rings is 1. The van der Waals surface area contributed by atoms with Crippen LogP contribution in [0.3, 0.4) is 0 Å². The zero-order chi connectivity index (χ0) is 24.2. The van der Waals surface area contributed by atoms with E-state index in [-0.39, 0.29) is 11.6 Å². The van der Waals surface area contributed by atoms with Gasteiger partial charge in [0.15, 0.2) is 5.82 Å². The van der Waals surface area contributed by atoms with Gasteiger partial charge in [-0.05, 0) is 72.2 Å². The number of benzene rings is 2. The molecule has 1 fully saturated rings. The number of rotatable bonds is 9. The van der Waals surface area contributed by atoms with Crippen LogP contribution in [0.5, 0.6) is 0 Å². The fourth-order valence-corrected chi connectivity index (χ4v) is 5.47. The molecule has 0 radical (unpaired) electrons. The second kappa shape index (κ2) is 10.5. The SMILES string of the molecule is CC[C@@H](c1nnnn1CCc1ccccc1)N(Cc1cc2cc(C)ccc2[nH]c1=O)C1CCCC1. The summed E-state index contributed by atoms with van der Waals surface area (Å²) in [7, 11) is 0. The Morgan fingerprint density at radius 1 is 1.11 bits per heavy atom. The summed E-state index contributed by atoms with van der Waals surface area (Å²) >= 11 is 0. The smallest absolute Gasteiger partial charge is 0.252 e. The van der Waals surface area contributed by atoms with Crippen molar-refractivity contribution in [1.82, 2.24) is 30.1 Å². The zero-order valence-corrected chi connectivity index (χ0v) is 20.7. The van der Waals surface area contributed by atoms with Crippen LogP contribution in [0.2, 0.25) is 0 Å². The number of aryl methyl sites for hydroxylation is 3. The van der Waals surface area contributed by atoms with Crippen molar-refractivity contribution in [3.63, 3.8) is 0 Å².